The highest BCUT2D eigenvalue weighted by Gasteiger charge is 2.27. The van der Waals surface area contributed by atoms with E-state index < -0.39 is 12.8 Å². The van der Waals surface area contributed by atoms with Crippen LogP contribution >= 0.6 is 15.9 Å². The van der Waals surface area contributed by atoms with E-state index in [1.165, 1.54) is 0 Å². The van der Waals surface area contributed by atoms with Gasteiger partial charge in [0.15, 0.2) is 5.82 Å². The third kappa shape index (κ3) is 6.60. The molecule has 0 spiro atoms. The van der Waals surface area contributed by atoms with Gasteiger partial charge in [0.2, 0.25) is 0 Å². The van der Waals surface area contributed by atoms with Crippen molar-refractivity contribution in [2.75, 3.05) is 18.5 Å². The highest BCUT2D eigenvalue weighted by molar-refractivity contribution is 9.10. The number of aromatic nitrogens is 2. The van der Waals surface area contributed by atoms with Gasteiger partial charge in [-0.1, -0.05) is 13.8 Å². The lowest BCUT2D eigenvalue weighted by atomic mass is 10.1. The Morgan fingerprint density at radius 3 is 2.48 bits per heavy atom. The van der Waals surface area contributed by atoms with Gasteiger partial charge in [-0.3, -0.25) is 0 Å². The fourth-order valence-electron chi connectivity index (χ4n) is 1.67. The fraction of sp³-hybridized carbons (Fsp3) is 0.692. The SMILES string of the molecule is CCNc1nc(COCC(F)(F)F)nc(CC(C)C)c1Br. The van der Waals surface area contributed by atoms with E-state index in [2.05, 4.69) is 36.0 Å². The van der Waals surface area contributed by atoms with Crippen LogP contribution in [0.2, 0.25) is 0 Å². The number of nitrogens with one attached hydrogen (secondary N) is 1. The average Bonchev–Trinajstić information content (AvgIpc) is 2.33. The van der Waals surface area contributed by atoms with Gasteiger partial charge in [0, 0.05) is 6.54 Å². The van der Waals surface area contributed by atoms with Crippen LogP contribution in [-0.2, 0) is 17.8 Å². The number of halogens is 4. The molecule has 1 aromatic rings. The summed E-state index contributed by atoms with van der Waals surface area (Å²) < 4.78 is 41.6. The normalized spacial score (nSPS) is 12.0. The van der Waals surface area contributed by atoms with Crippen molar-refractivity contribution in [3.8, 4) is 0 Å². The largest absolute Gasteiger partial charge is 0.411 e. The first-order valence-corrected chi connectivity index (χ1v) is 7.45. The zero-order valence-corrected chi connectivity index (χ0v) is 13.8. The summed E-state index contributed by atoms with van der Waals surface area (Å²) in [5, 5.41) is 3.06. The molecule has 0 fully saturated rings. The molecular formula is C13H19BrF3N3O. The molecule has 0 saturated heterocycles. The van der Waals surface area contributed by atoms with Gasteiger partial charge in [0.05, 0.1) is 10.2 Å². The molecule has 0 aliphatic rings. The maximum absolute atomic E-state index is 12.1. The number of hydrogen-bond acceptors (Lipinski definition) is 4. The van der Waals surface area contributed by atoms with Gasteiger partial charge in [-0.25, -0.2) is 9.97 Å². The van der Waals surface area contributed by atoms with Gasteiger partial charge >= 0.3 is 6.18 Å². The Hall–Kier alpha value is -0.890. The zero-order chi connectivity index (χ0) is 16.0. The van der Waals surface area contributed by atoms with Crippen LogP contribution in [0, 0.1) is 5.92 Å². The average molecular weight is 370 g/mol. The Balaban J connectivity index is 2.89. The monoisotopic (exact) mass is 369 g/mol. The van der Waals surface area contributed by atoms with Crippen LogP contribution in [-0.4, -0.2) is 29.3 Å². The topological polar surface area (TPSA) is 47.0 Å². The number of alkyl halides is 3. The van der Waals surface area contributed by atoms with Crippen LogP contribution in [0.15, 0.2) is 4.47 Å². The van der Waals surface area contributed by atoms with E-state index in [-0.39, 0.29) is 12.4 Å². The lowest BCUT2D eigenvalue weighted by molar-refractivity contribution is -0.177. The lowest BCUT2D eigenvalue weighted by Crippen LogP contribution is -2.18. The van der Waals surface area contributed by atoms with Crippen LogP contribution < -0.4 is 5.32 Å². The minimum Gasteiger partial charge on any atom is -0.369 e. The van der Waals surface area contributed by atoms with Gasteiger partial charge in [-0.05, 0) is 35.2 Å². The van der Waals surface area contributed by atoms with E-state index >= 15 is 0 Å². The number of ether oxygens (including phenoxy) is 1. The summed E-state index contributed by atoms with van der Waals surface area (Å²) in [6.45, 7) is 5.08. The maximum atomic E-state index is 12.1. The molecule has 0 saturated carbocycles. The predicted octanol–water partition coefficient (Wildman–Crippen LogP) is 3.95. The van der Waals surface area contributed by atoms with Crippen LogP contribution in [0.5, 0.6) is 0 Å². The molecule has 0 amide bonds. The molecule has 1 heterocycles. The summed E-state index contributed by atoms with van der Waals surface area (Å²) in [5.74, 6) is 1.19. The van der Waals surface area contributed by atoms with E-state index in [1.807, 2.05) is 20.8 Å². The molecule has 0 aliphatic carbocycles. The third-order valence-corrected chi connectivity index (χ3v) is 3.24. The van der Waals surface area contributed by atoms with Crippen molar-refractivity contribution >= 4 is 21.7 Å². The first kappa shape index (κ1) is 18.2. The summed E-state index contributed by atoms with van der Waals surface area (Å²) in [7, 11) is 0. The first-order valence-electron chi connectivity index (χ1n) is 6.66. The molecule has 0 aromatic carbocycles. The molecule has 4 nitrogen and oxygen atoms in total. The molecule has 120 valence electrons. The molecule has 0 bridgehead atoms. The molecule has 21 heavy (non-hydrogen) atoms. The Labute approximate surface area is 130 Å². The van der Waals surface area contributed by atoms with E-state index in [0.717, 1.165) is 10.2 Å². The summed E-state index contributed by atoms with van der Waals surface area (Å²) in [4.78, 5) is 8.47. The molecule has 0 atom stereocenters. The van der Waals surface area contributed by atoms with Crippen LogP contribution in [0.25, 0.3) is 0 Å². The Morgan fingerprint density at radius 1 is 1.29 bits per heavy atom. The second kappa shape index (κ2) is 7.93. The minimum atomic E-state index is -4.35. The van der Waals surface area contributed by atoms with Gasteiger partial charge < -0.3 is 10.1 Å². The highest BCUT2D eigenvalue weighted by atomic mass is 79.9. The van der Waals surface area contributed by atoms with E-state index in [1.54, 1.807) is 0 Å². The number of rotatable bonds is 7. The molecule has 0 unspecified atom stereocenters. The van der Waals surface area contributed by atoms with E-state index in [4.69, 9.17) is 0 Å². The quantitative estimate of drug-likeness (QED) is 0.790. The van der Waals surface area contributed by atoms with E-state index in [9.17, 15) is 13.2 Å². The van der Waals surface area contributed by atoms with Gasteiger partial charge in [0.25, 0.3) is 0 Å². The molecule has 0 aliphatic heterocycles. The maximum Gasteiger partial charge on any atom is 0.411 e. The van der Waals surface area contributed by atoms with Crippen molar-refractivity contribution in [1.82, 2.24) is 9.97 Å². The molecular weight excluding hydrogens is 351 g/mol. The van der Waals surface area contributed by atoms with Crippen molar-refractivity contribution in [3.63, 3.8) is 0 Å². The summed E-state index contributed by atoms with van der Waals surface area (Å²) in [5.41, 5.74) is 0.765. The molecule has 8 heteroatoms. The van der Waals surface area contributed by atoms with E-state index in [0.29, 0.717) is 24.7 Å². The van der Waals surface area contributed by atoms with Gasteiger partial charge in [0.1, 0.15) is 19.0 Å². The highest BCUT2D eigenvalue weighted by Crippen LogP contribution is 2.26. The Kier molecular flexibility index (Phi) is 6.86. The van der Waals surface area contributed by atoms with Crippen molar-refractivity contribution < 1.29 is 17.9 Å². The van der Waals surface area contributed by atoms with Crippen molar-refractivity contribution in [2.24, 2.45) is 5.92 Å². The molecule has 1 N–H and O–H groups in total. The second-order valence-electron chi connectivity index (χ2n) is 4.99. The summed E-state index contributed by atoms with van der Waals surface area (Å²) in [6, 6.07) is 0. The van der Waals surface area contributed by atoms with Crippen molar-refractivity contribution in [3.05, 3.63) is 16.0 Å². The lowest BCUT2D eigenvalue weighted by Gasteiger charge is -2.14. The van der Waals surface area contributed by atoms with Gasteiger partial charge in [-0.2, -0.15) is 13.2 Å². The third-order valence-electron chi connectivity index (χ3n) is 2.41. The standard InChI is InChI=1S/C13H19BrF3N3O/c1-4-18-12-11(14)9(5-8(2)3)19-10(20-12)6-21-7-13(15,16)17/h8H,4-7H2,1-3H3,(H,18,19,20). The minimum absolute atomic E-state index is 0.244. The number of nitrogens with zero attached hydrogens (tertiary/aromatic N) is 2. The Morgan fingerprint density at radius 2 is 1.95 bits per heavy atom. The second-order valence-corrected chi connectivity index (χ2v) is 5.78. The molecule has 1 aromatic heterocycles. The molecule has 0 radical (unpaired) electrons. The predicted molar refractivity (Wildman–Crippen MR) is 78.1 cm³/mol. The van der Waals surface area contributed by atoms with Gasteiger partial charge in [-0.15, -0.1) is 0 Å². The summed E-state index contributed by atoms with van der Waals surface area (Å²) >= 11 is 3.44. The zero-order valence-electron chi connectivity index (χ0n) is 12.2. The van der Waals surface area contributed by atoms with Crippen LogP contribution in [0.3, 0.4) is 0 Å². The molecule has 1 rings (SSSR count). The number of hydrogen-bond donors (Lipinski definition) is 1. The van der Waals surface area contributed by atoms with Crippen LogP contribution in [0.4, 0.5) is 19.0 Å². The Bertz CT molecular complexity index is 467. The van der Waals surface area contributed by atoms with Crippen LogP contribution in [0.1, 0.15) is 32.3 Å². The fourth-order valence-corrected chi connectivity index (χ4v) is 2.15. The smallest absolute Gasteiger partial charge is 0.369 e. The van der Waals surface area contributed by atoms with Crippen molar-refractivity contribution in [2.45, 2.75) is 40.0 Å². The van der Waals surface area contributed by atoms with Crippen molar-refractivity contribution in [1.29, 1.82) is 0 Å². The number of anilines is 1. The first-order chi connectivity index (χ1) is 9.73. The summed E-state index contributed by atoms with van der Waals surface area (Å²) in [6.07, 6.45) is -3.64.